The van der Waals surface area contributed by atoms with Gasteiger partial charge in [-0.1, -0.05) is 0 Å². The summed E-state index contributed by atoms with van der Waals surface area (Å²) in [6, 6.07) is 0. The molecule has 0 radical (unpaired) electrons. The first-order valence-electron chi connectivity index (χ1n) is 8.25. The molecule has 0 bridgehead atoms. The molecular formula is C15H24N4O5. The van der Waals surface area contributed by atoms with E-state index >= 15 is 0 Å². The van der Waals surface area contributed by atoms with Crippen molar-refractivity contribution in [1.82, 2.24) is 20.0 Å². The predicted molar refractivity (Wildman–Crippen MR) is 84.0 cm³/mol. The third-order valence-electron chi connectivity index (χ3n) is 4.10. The molecule has 0 aliphatic carbocycles. The van der Waals surface area contributed by atoms with Crippen LogP contribution in [0.5, 0.6) is 0 Å². The Morgan fingerprint density at radius 3 is 2.12 bits per heavy atom. The number of carbonyl (C=O) groups is 4. The fourth-order valence-electron chi connectivity index (χ4n) is 2.73. The van der Waals surface area contributed by atoms with Crippen molar-refractivity contribution in [3.05, 3.63) is 0 Å². The summed E-state index contributed by atoms with van der Waals surface area (Å²) >= 11 is 0. The zero-order valence-electron chi connectivity index (χ0n) is 14.0. The van der Waals surface area contributed by atoms with Crippen molar-refractivity contribution in [1.29, 1.82) is 0 Å². The first kappa shape index (κ1) is 18.0. The number of rotatable bonds is 4. The molecule has 1 N–H and O–H groups in total. The number of hydrogen-bond acceptors (Lipinski definition) is 5. The Bertz CT molecular complexity index is 502. The van der Waals surface area contributed by atoms with Gasteiger partial charge in [-0.15, -0.1) is 0 Å². The summed E-state index contributed by atoms with van der Waals surface area (Å²) < 4.78 is 4.93. The lowest BCUT2D eigenvalue weighted by molar-refractivity contribution is -0.140. The molecule has 2 aliphatic heterocycles. The number of nitrogens with one attached hydrogen (secondary N) is 1. The lowest BCUT2D eigenvalue weighted by Crippen LogP contribution is -2.51. The van der Waals surface area contributed by atoms with Crippen LogP contribution in [0.15, 0.2) is 0 Å². The molecule has 2 rings (SSSR count). The third-order valence-corrected chi connectivity index (χ3v) is 4.10. The van der Waals surface area contributed by atoms with Crippen LogP contribution in [0, 0.1) is 0 Å². The molecule has 0 aromatic heterocycles. The van der Waals surface area contributed by atoms with E-state index in [1.165, 1.54) is 4.90 Å². The highest BCUT2D eigenvalue weighted by Gasteiger charge is 2.26. The van der Waals surface area contributed by atoms with Gasteiger partial charge in [0.25, 0.3) is 0 Å². The summed E-state index contributed by atoms with van der Waals surface area (Å²) in [6.07, 6.45) is -0.135. The highest BCUT2D eigenvalue weighted by Crippen LogP contribution is 2.08. The van der Waals surface area contributed by atoms with Crippen LogP contribution in [0.1, 0.15) is 19.8 Å². The predicted octanol–water partition coefficient (Wildman–Crippen LogP) is -0.974. The Balaban J connectivity index is 1.70. The van der Waals surface area contributed by atoms with Gasteiger partial charge in [0.1, 0.15) is 0 Å². The Kier molecular flexibility index (Phi) is 6.39. The highest BCUT2D eigenvalue weighted by molar-refractivity contribution is 5.88. The molecule has 2 aliphatic rings. The minimum atomic E-state index is -0.358. The van der Waals surface area contributed by atoms with Crippen LogP contribution < -0.4 is 5.32 Å². The maximum atomic E-state index is 12.2. The van der Waals surface area contributed by atoms with Gasteiger partial charge in [-0.05, 0) is 6.92 Å². The molecule has 2 fully saturated rings. The smallest absolute Gasteiger partial charge is 0.409 e. The molecule has 0 unspecified atom stereocenters. The SMILES string of the molecule is CCOC(=O)N1CCN(C(=O)CCC(=O)N2CCNC(=O)C2)CC1. The van der Waals surface area contributed by atoms with Gasteiger partial charge in [-0.3, -0.25) is 14.4 Å². The van der Waals surface area contributed by atoms with Crippen LogP contribution in [-0.4, -0.2) is 90.9 Å². The molecule has 0 spiro atoms. The zero-order chi connectivity index (χ0) is 17.5. The van der Waals surface area contributed by atoms with Gasteiger partial charge in [0.15, 0.2) is 0 Å². The quantitative estimate of drug-likeness (QED) is 0.710. The number of nitrogens with zero attached hydrogens (tertiary/aromatic N) is 3. The average molecular weight is 340 g/mol. The van der Waals surface area contributed by atoms with Crippen LogP contribution >= 0.6 is 0 Å². The van der Waals surface area contributed by atoms with Gasteiger partial charge in [0.05, 0.1) is 13.2 Å². The van der Waals surface area contributed by atoms with Crippen LogP contribution in [-0.2, 0) is 19.1 Å². The van der Waals surface area contributed by atoms with E-state index in [2.05, 4.69) is 5.32 Å². The van der Waals surface area contributed by atoms with E-state index in [0.29, 0.717) is 45.9 Å². The van der Waals surface area contributed by atoms with Gasteiger partial charge >= 0.3 is 6.09 Å². The van der Waals surface area contributed by atoms with Gasteiger partial charge in [0.2, 0.25) is 17.7 Å². The largest absolute Gasteiger partial charge is 0.450 e. The molecule has 134 valence electrons. The third kappa shape index (κ3) is 4.84. The molecule has 0 aromatic rings. The molecule has 2 saturated heterocycles. The normalized spacial score (nSPS) is 18.2. The summed E-state index contributed by atoms with van der Waals surface area (Å²) in [6.45, 7) is 4.83. The molecule has 24 heavy (non-hydrogen) atoms. The Morgan fingerprint density at radius 1 is 0.958 bits per heavy atom. The summed E-state index contributed by atoms with van der Waals surface area (Å²) in [4.78, 5) is 51.8. The van der Waals surface area contributed by atoms with Crippen molar-refractivity contribution in [3.8, 4) is 0 Å². The monoisotopic (exact) mass is 340 g/mol. The van der Waals surface area contributed by atoms with Crippen LogP contribution in [0.3, 0.4) is 0 Å². The van der Waals surface area contributed by atoms with Crippen molar-refractivity contribution in [2.24, 2.45) is 0 Å². The Hall–Kier alpha value is -2.32. The van der Waals surface area contributed by atoms with Crippen LogP contribution in [0.4, 0.5) is 4.79 Å². The Labute approximate surface area is 140 Å². The maximum Gasteiger partial charge on any atom is 0.409 e. The van der Waals surface area contributed by atoms with E-state index in [-0.39, 0.29) is 43.2 Å². The Morgan fingerprint density at radius 2 is 1.54 bits per heavy atom. The maximum absolute atomic E-state index is 12.2. The molecule has 0 aromatic carbocycles. The second-order valence-corrected chi connectivity index (χ2v) is 5.73. The molecule has 0 atom stereocenters. The second kappa shape index (κ2) is 8.51. The number of hydrogen-bond donors (Lipinski definition) is 1. The average Bonchev–Trinajstić information content (AvgIpc) is 2.59. The van der Waals surface area contributed by atoms with Gasteiger partial charge in [0, 0.05) is 52.1 Å². The van der Waals surface area contributed by atoms with Crippen molar-refractivity contribution in [3.63, 3.8) is 0 Å². The molecular weight excluding hydrogens is 316 g/mol. The van der Waals surface area contributed by atoms with E-state index in [1.54, 1.807) is 16.7 Å². The van der Waals surface area contributed by atoms with Crippen molar-refractivity contribution in [2.75, 3.05) is 52.4 Å². The van der Waals surface area contributed by atoms with Crippen molar-refractivity contribution in [2.45, 2.75) is 19.8 Å². The molecule has 2 heterocycles. The fourth-order valence-corrected chi connectivity index (χ4v) is 2.73. The lowest BCUT2D eigenvalue weighted by atomic mass is 10.2. The summed E-state index contributed by atoms with van der Waals surface area (Å²) in [5.41, 5.74) is 0. The highest BCUT2D eigenvalue weighted by atomic mass is 16.6. The van der Waals surface area contributed by atoms with Gasteiger partial charge < -0.3 is 24.8 Å². The minimum Gasteiger partial charge on any atom is -0.450 e. The van der Waals surface area contributed by atoms with Crippen LogP contribution in [0.2, 0.25) is 0 Å². The zero-order valence-corrected chi connectivity index (χ0v) is 14.0. The molecule has 9 nitrogen and oxygen atoms in total. The molecule has 9 heteroatoms. The minimum absolute atomic E-state index is 0.0608. The number of ether oxygens (including phenoxy) is 1. The van der Waals surface area contributed by atoms with E-state index in [9.17, 15) is 19.2 Å². The number of carbonyl (C=O) groups excluding carboxylic acids is 4. The standard InChI is InChI=1S/C15H24N4O5/c1-2-24-15(23)18-9-7-17(8-10-18)13(21)3-4-14(22)19-6-5-16-12(20)11-19/h2-11H2,1H3,(H,16,20). The summed E-state index contributed by atoms with van der Waals surface area (Å²) in [7, 11) is 0. The van der Waals surface area contributed by atoms with Gasteiger partial charge in [-0.2, -0.15) is 0 Å². The molecule has 0 saturated carbocycles. The molecule has 4 amide bonds. The summed E-state index contributed by atoms with van der Waals surface area (Å²) in [5, 5.41) is 2.66. The topological polar surface area (TPSA) is 99.3 Å². The van der Waals surface area contributed by atoms with Crippen molar-refractivity contribution < 1.29 is 23.9 Å². The first-order chi connectivity index (χ1) is 11.5. The van der Waals surface area contributed by atoms with Crippen molar-refractivity contribution >= 4 is 23.8 Å². The van der Waals surface area contributed by atoms with Crippen LogP contribution in [0.25, 0.3) is 0 Å². The van der Waals surface area contributed by atoms with E-state index in [0.717, 1.165) is 0 Å². The van der Waals surface area contributed by atoms with E-state index < -0.39 is 0 Å². The first-order valence-corrected chi connectivity index (χ1v) is 8.25. The summed E-state index contributed by atoms with van der Waals surface area (Å²) in [5.74, 6) is -0.451. The van der Waals surface area contributed by atoms with E-state index in [1.807, 2.05) is 0 Å². The second-order valence-electron chi connectivity index (χ2n) is 5.73. The van der Waals surface area contributed by atoms with E-state index in [4.69, 9.17) is 4.74 Å². The number of amides is 4. The number of piperazine rings is 2. The lowest BCUT2D eigenvalue weighted by Gasteiger charge is -2.34. The fraction of sp³-hybridized carbons (Fsp3) is 0.733. The van der Waals surface area contributed by atoms with Gasteiger partial charge in [-0.25, -0.2) is 4.79 Å².